The normalized spacial score (nSPS) is 22.4. The standard InChI is InChI=1S/C13H16N4O3/c18-7-9-5-14-13(15-6-9)17-3-4-20-8-11(17)12(19)16-10-1-2-10/h5-7,10-11H,1-4,8H2,(H,16,19). The highest BCUT2D eigenvalue weighted by Gasteiger charge is 2.34. The number of nitrogens with one attached hydrogen (secondary N) is 1. The second-order valence-electron chi connectivity index (χ2n) is 5.00. The van der Waals surface area contributed by atoms with Gasteiger partial charge in [0, 0.05) is 25.0 Å². The number of amides is 1. The van der Waals surface area contributed by atoms with Crippen LogP contribution in [0.15, 0.2) is 12.4 Å². The average molecular weight is 276 g/mol. The molecule has 2 aliphatic rings. The largest absolute Gasteiger partial charge is 0.377 e. The Hall–Kier alpha value is -2.02. The lowest BCUT2D eigenvalue weighted by Gasteiger charge is -2.34. The summed E-state index contributed by atoms with van der Waals surface area (Å²) in [5.41, 5.74) is 0.418. The summed E-state index contributed by atoms with van der Waals surface area (Å²) in [6, 6.07) is -0.101. The molecule has 0 spiro atoms. The lowest BCUT2D eigenvalue weighted by Crippen LogP contribution is -2.55. The van der Waals surface area contributed by atoms with Gasteiger partial charge in [-0.3, -0.25) is 9.59 Å². The van der Waals surface area contributed by atoms with Crippen LogP contribution < -0.4 is 10.2 Å². The van der Waals surface area contributed by atoms with E-state index in [0.29, 0.717) is 43.6 Å². The Bertz CT molecular complexity index is 501. The van der Waals surface area contributed by atoms with Crippen molar-refractivity contribution in [2.45, 2.75) is 24.9 Å². The summed E-state index contributed by atoms with van der Waals surface area (Å²) >= 11 is 0. The van der Waals surface area contributed by atoms with Crippen molar-refractivity contribution in [1.82, 2.24) is 15.3 Å². The molecule has 1 amide bonds. The van der Waals surface area contributed by atoms with Crippen molar-refractivity contribution in [3.63, 3.8) is 0 Å². The van der Waals surface area contributed by atoms with E-state index in [0.717, 1.165) is 12.8 Å². The number of anilines is 1. The van der Waals surface area contributed by atoms with Crippen molar-refractivity contribution in [3.8, 4) is 0 Å². The molecule has 3 rings (SSSR count). The maximum atomic E-state index is 12.2. The zero-order valence-corrected chi connectivity index (χ0v) is 11.0. The molecule has 0 bridgehead atoms. The lowest BCUT2D eigenvalue weighted by molar-refractivity contribution is -0.124. The monoisotopic (exact) mass is 276 g/mol. The Balaban J connectivity index is 1.75. The third-order valence-corrected chi connectivity index (χ3v) is 3.41. The molecule has 2 fully saturated rings. The molecule has 1 aliphatic heterocycles. The van der Waals surface area contributed by atoms with Crippen LogP contribution in [0.3, 0.4) is 0 Å². The maximum absolute atomic E-state index is 12.2. The van der Waals surface area contributed by atoms with Crippen molar-refractivity contribution in [3.05, 3.63) is 18.0 Å². The van der Waals surface area contributed by atoms with Crippen molar-refractivity contribution in [2.75, 3.05) is 24.7 Å². The average Bonchev–Trinajstić information content (AvgIpc) is 3.31. The summed E-state index contributed by atoms with van der Waals surface area (Å²) in [5, 5.41) is 2.97. The topological polar surface area (TPSA) is 84.4 Å². The molecule has 1 saturated carbocycles. The van der Waals surface area contributed by atoms with Crippen LogP contribution in [0.1, 0.15) is 23.2 Å². The SMILES string of the molecule is O=Cc1cnc(N2CCOCC2C(=O)NC2CC2)nc1. The molecule has 1 aliphatic carbocycles. The van der Waals surface area contributed by atoms with Crippen LogP contribution in [0, 0.1) is 0 Å². The van der Waals surface area contributed by atoms with Crippen LogP contribution >= 0.6 is 0 Å². The van der Waals surface area contributed by atoms with Gasteiger partial charge in [0.05, 0.1) is 18.8 Å². The first kappa shape index (κ1) is 13.0. The number of hydrogen-bond donors (Lipinski definition) is 1. The highest BCUT2D eigenvalue weighted by atomic mass is 16.5. The fourth-order valence-electron chi connectivity index (χ4n) is 2.13. The summed E-state index contributed by atoms with van der Waals surface area (Å²) in [6.45, 7) is 1.42. The Morgan fingerprint density at radius 3 is 2.80 bits per heavy atom. The van der Waals surface area contributed by atoms with Crippen LogP contribution in [0.5, 0.6) is 0 Å². The molecule has 0 radical (unpaired) electrons. The minimum atomic E-state index is -0.411. The van der Waals surface area contributed by atoms with Crippen LogP contribution in [-0.4, -0.2) is 54.0 Å². The number of aromatic nitrogens is 2. The quantitative estimate of drug-likeness (QED) is 0.765. The molecule has 106 valence electrons. The predicted molar refractivity (Wildman–Crippen MR) is 70.5 cm³/mol. The molecular weight excluding hydrogens is 260 g/mol. The fourth-order valence-corrected chi connectivity index (χ4v) is 2.13. The highest BCUT2D eigenvalue weighted by molar-refractivity contribution is 5.85. The fraction of sp³-hybridized carbons (Fsp3) is 0.538. The molecule has 2 heterocycles. The third-order valence-electron chi connectivity index (χ3n) is 3.41. The molecule has 1 unspecified atom stereocenters. The number of ether oxygens (including phenoxy) is 1. The van der Waals surface area contributed by atoms with Gasteiger partial charge < -0.3 is 15.0 Å². The lowest BCUT2D eigenvalue weighted by atomic mass is 10.2. The van der Waals surface area contributed by atoms with E-state index in [4.69, 9.17) is 4.74 Å². The van der Waals surface area contributed by atoms with Gasteiger partial charge in [-0.1, -0.05) is 0 Å². The van der Waals surface area contributed by atoms with E-state index in [1.165, 1.54) is 12.4 Å². The molecular formula is C13H16N4O3. The van der Waals surface area contributed by atoms with Crippen molar-refractivity contribution >= 4 is 18.1 Å². The summed E-state index contributed by atoms with van der Waals surface area (Å²) < 4.78 is 5.39. The van der Waals surface area contributed by atoms with Crippen LogP contribution in [0.2, 0.25) is 0 Å². The summed E-state index contributed by atoms with van der Waals surface area (Å²) in [4.78, 5) is 33.0. The van der Waals surface area contributed by atoms with Gasteiger partial charge in [0.15, 0.2) is 6.29 Å². The van der Waals surface area contributed by atoms with E-state index in [-0.39, 0.29) is 5.91 Å². The minimum absolute atomic E-state index is 0.0461. The Kier molecular flexibility index (Phi) is 3.60. The second-order valence-corrected chi connectivity index (χ2v) is 5.00. The molecule has 20 heavy (non-hydrogen) atoms. The molecule has 1 N–H and O–H groups in total. The van der Waals surface area contributed by atoms with Gasteiger partial charge >= 0.3 is 0 Å². The molecule has 1 aromatic rings. The van der Waals surface area contributed by atoms with Gasteiger partial charge in [-0.25, -0.2) is 9.97 Å². The van der Waals surface area contributed by atoms with Crippen LogP contribution in [0.4, 0.5) is 5.95 Å². The van der Waals surface area contributed by atoms with E-state index in [2.05, 4.69) is 15.3 Å². The van der Waals surface area contributed by atoms with Crippen LogP contribution in [-0.2, 0) is 9.53 Å². The predicted octanol–water partition coefficient (Wildman–Crippen LogP) is -0.227. The Morgan fingerprint density at radius 1 is 1.40 bits per heavy atom. The van der Waals surface area contributed by atoms with Gasteiger partial charge in [-0.15, -0.1) is 0 Å². The number of carbonyl (C=O) groups excluding carboxylic acids is 2. The zero-order valence-electron chi connectivity index (χ0n) is 11.0. The summed E-state index contributed by atoms with van der Waals surface area (Å²) in [6.07, 6.45) is 5.70. The smallest absolute Gasteiger partial charge is 0.245 e. The highest BCUT2D eigenvalue weighted by Crippen LogP contribution is 2.20. The molecule has 7 heteroatoms. The van der Waals surface area contributed by atoms with Gasteiger partial charge in [-0.2, -0.15) is 0 Å². The first-order valence-electron chi connectivity index (χ1n) is 6.70. The Morgan fingerprint density at radius 2 is 2.15 bits per heavy atom. The van der Waals surface area contributed by atoms with E-state index in [1.54, 1.807) is 0 Å². The number of aldehydes is 1. The van der Waals surface area contributed by atoms with Crippen molar-refractivity contribution in [1.29, 1.82) is 0 Å². The van der Waals surface area contributed by atoms with E-state index in [9.17, 15) is 9.59 Å². The second kappa shape index (κ2) is 5.54. The first-order chi connectivity index (χ1) is 9.78. The van der Waals surface area contributed by atoms with Gasteiger partial charge in [0.1, 0.15) is 6.04 Å². The molecule has 7 nitrogen and oxygen atoms in total. The van der Waals surface area contributed by atoms with Gasteiger partial charge in [0.25, 0.3) is 0 Å². The van der Waals surface area contributed by atoms with E-state index in [1.807, 2.05) is 4.90 Å². The number of morpholine rings is 1. The van der Waals surface area contributed by atoms with Crippen molar-refractivity contribution < 1.29 is 14.3 Å². The molecule has 1 atom stereocenters. The maximum Gasteiger partial charge on any atom is 0.245 e. The number of carbonyl (C=O) groups is 2. The molecule has 1 saturated heterocycles. The summed E-state index contributed by atoms with van der Waals surface area (Å²) in [7, 11) is 0. The van der Waals surface area contributed by atoms with Gasteiger partial charge in [0.2, 0.25) is 11.9 Å². The van der Waals surface area contributed by atoms with Gasteiger partial charge in [-0.05, 0) is 12.8 Å². The van der Waals surface area contributed by atoms with E-state index >= 15 is 0 Å². The number of nitrogens with zero attached hydrogens (tertiary/aromatic N) is 3. The van der Waals surface area contributed by atoms with E-state index < -0.39 is 6.04 Å². The first-order valence-corrected chi connectivity index (χ1v) is 6.70. The number of hydrogen-bond acceptors (Lipinski definition) is 6. The number of rotatable bonds is 4. The Labute approximate surface area is 116 Å². The molecule has 0 aromatic carbocycles. The zero-order chi connectivity index (χ0) is 13.9. The van der Waals surface area contributed by atoms with Crippen LogP contribution in [0.25, 0.3) is 0 Å². The summed E-state index contributed by atoms with van der Waals surface area (Å²) in [5.74, 6) is 0.408. The molecule has 1 aromatic heterocycles. The minimum Gasteiger partial charge on any atom is -0.377 e. The third kappa shape index (κ3) is 2.77. The van der Waals surface area contributed by atoms with Crippen molar-refractivity contribution in [2.24, 2.45) is 0 Å².